The second-order valence-electron chi connectivity index (χ2n) is 7.28. The van der Waals surface area contributed by atoms with Gasteiger partial charge in [0.2, 0.25) is 0 Å². The Morgan fingerprint density at radius 3 is 2.48 bits per heavy atom. The van der Waals surface area contributed by atoms with Crippen molar-refractivity contribution in [3.05, 3.63) is 64.1 Å². The van der Waals surface area contributed by atoms with E-state index in [1.807, 2.05) is 44.4 Å². The van der Waals surface area contributed by atoms with Crippen molar-refractivity contribution in [2.45, 2.75) is 20.4 Å². The Labute approximate surface area is 148 Å². The molecule has 1 N–H and O–H groups in total. The van der Waals surface area contributed by atoms with Crippen LogP contribution in [0.1, 0.15) is 29.9 Å². The van der Waals surface area contributed by atoms with Crippen LogP contribution in [0.3, 0.4) is 0 Å². The molecule has 0 spiro atoms. The van der Waals surface area contributed by atoms with E-state index < -0.39 is 0 Å². The van der Waals surface area contributed by atoms with Crippen LogP contribution in [0.4, 0.5) is 0 Å². The highest BCUT2D eigenvalue weighted by molar-refractivity contribution is 5.92. The summed E-state index contributed by atoms with van der Waals surface area (Å²) < 4.78 is 1.31. The molecule has 0 bridgehead atoms. The van der Waals surface area contributed by atoms with Crippen LogP contribution >= 0.6 is 0 Å². The van der Waals surface area contributed by atoms with Crippen LogP contribution in [0.5, 0.6) is 0 Å². The zero-order chi connectivity index (χ0) is 18.4. The quantitative estimate of drug-likeness (QED) is 0.830. The summed E-state index contributed by atoms with van der Waals surface area (Å²) in [4.78, 5) is 26.5. The predicted molar refractivity (Wildman–Crippen MR) is 98.7 cm³/mol. The van der Waals surface area contributed by atoms with Gasteiger partial charge in [0, 0.05) is 19.2 Å². The number of nitrogens with zero attached hydrogens (tertiary/aromatic N) is 3. The van der Waals surface area contributed by atoms with E-state index in [0.29, 0.717) is 13.1 Å². The fourth-order valence-electron chi connectivity index (χ4n) is 2.76. The molecule has 0 fully saturated rings. The second-order valence-corrected chi connectivity index (χ2v) is 7.28. The standard InChI is InChI=1S/C19H26N4O2/c1-19(2,14-22(3)4)13-20-18(25)16-10-11-17(24)23(21-16)12-15-8-6-5-7-9-15/h5-11H,12-14H2,1-4H3,(H,20,25). The number of nitrogens with one attached hydrogen (secondary N) is 1. The third kappa shape index (κ3) is 5.83. The number of aromatic nitrogens is 2. The molecule has 0 saturated heterocycles. The van der Waals surface area contributed by atoms with Crippen molar-refractivity contribution in [2.75, 3.05) is 27.2 Å². The average molecular weight is 342 g/mol. The maximum atomic E-state index is 12.4. The van der Waals surface area contributed by atoms with Crippen LogP contribution in [-0.2, 0) is 6.54 Å². The lowest BCUT2D eigenvalue weighted by atomic mass is 9.93. The lowest BCUT2D eigenvalue weighted by molar-refractivity contribution is 0.0921. The number of benzene rings is 1. The summed E-state index contributed by atoms with van der Waals surface area (Å²) in [6, 6.07) is 12.4. The second kappa shape index (κ2) is 8.07. The number of carbonyl (C=O) groups is 1. The molecular weight excluding hydrogens is 316 g/mol. The number of rotatable bonds is 7. The van der Waals surface area contributed by atoms with E-state index in [1.54, 1.807) is 0 Å². The van der Waals surface area contributed by atoms with E-state index in [0.717, 1.165) is 12.1 Å². The van der Waals surface area contributed by atoms with Crippen molar-refractivity contribution in [3.63, 3.8) is 0 Å². The number of carbonyl (C=O) groups excluding carboxylic acids is 1. The molecule has 0 aliphatic carbocycles. The van der Waals surface area contributed by atoms with Crippen molar-refractivity contribution in [3.8, 4) is 0 Å². The van der Waals surface area contributed by atoms with Crippen molar-refractivity contribution in [1.29, 1.82) is 0 Å². The van der Waals surface area contributed by atoms with E-state index >= 15 is 0 Å². The van der Waals surface area contributed by atoms with Crippen LogP contribution in [0.25, 0.3) is 0 Å². The normalized spacial score (nSPS) is 11.6. The molecule has 1 amide bonds. The van der Waals surface area contributed by atoms with Crippen LogP contribution in [-0.4, -0.2) is 47.8 Å². The van der Waals surface area contributed by atoms with E-state index in [4.69, 9.17) is 0 Å². The molecule has 6 heteroatoms. The van der Waals surface area contributed by atoms with Gasteiger partial charge in [0.15, 0.2) is 0 Å². The van der Waals surface area contributed by atoms with E-state index in [9.17, 15) is 9.59 Å². The lowest BCUT2D eigenvalue weighted by Gasteiger charge is -2.28. The smallest absolute Gasteiger partial charge is 0.271 e. The molecule has 0 aliphatic rings. The summed E-state index contributed by atoms with van der Waals surface area (Å²) >= 11 is 0. The van der Waals surface area contributed by atoms with E-state index in [2.05, 4.69) is 29.2 Å². The molecule has 134 valence electrons. The molecule has 25 heavy (non-hydrogen) atoms. The Morgan fingerprint density at radius 1 is 1.16 bits per heavy atom. The Morgan fingerprint density at radius 2 is 1.84 bits per heavy atom. The monoisotopic (exact) mass is 342 g/mol. The fourth-order valence-corrected chi connectivity index (χ4v) is 2.76. The van der Waals surface area contributed by atoms with Gasteiger partial charge in [0.05, 0.1) is 6.54 Å². The summed E-state index contributed by atoms with van der Waals surface area (Å²) in [5.41, 5.74) is 0.920. The van der Waals surface area contributed by atoms with Gasteiger partial charge in [0.1, 0.15) is 5.69 Å². The SMILES string of the molecule is CN(C)CC(C)(C)CNC(=O)c1ccc(=O)n(Cc2ccccc2)n1. The van der Waals surface area contributed by atoms with Gasteiger partial charge in [-0.3, -0.25) is 9.59 Å². The Balaban J connectivity index is 2.08. The summed E-state index contributed by atoms with van der Waals surface area (Å²) in [5.74, 6) is -0.270. The number of amides is 1. The topological polar surface area (TPSA) is 67.2 Å². The van der Waals surface area contributed by atoms with Gasteiger partial charge in [-0.15, -0.1) is 0 Å². The molecule has 1 aromatic carbocycles. The maximum absolute atomic E-state index is 12.4. The molecule has 2 rings (SSSR count). The highest BCUT2D eigenvalue weighted by atomic mass is 16.2. The number of hydrogen-bond acceptors (Lipinski definition) is 4. The molecule has 0 unspecified atom stereocenters. The van der Waals surface area contributed by atoms with Crippen LogP contribution in [0, 0.1) is 5.41 Å². The first kappa shape index (κ1) is 18.9. The average Bonchev–Trinajstić information content (AvgIpc) is 2.54. The zero-order valence-corrected chi connectivity index (χ0v) is 15.3. The molecule has 6 nitrogen and oxygen atoms in total. The summed E-state index contributed by atoms with van der Waals surface area (Å²) in [7, 11) is 4.01. The minimum Gasteiger partial charge on any atom is -0.350 e. The highest BCUT2D eigenvalue weighted by Crippen LogP contribution is 2.14. The summed E-state index contributed by atoms with van der Waals surface area (Å²) in [5, 5.41) is 7.12. The third-order valence-electron chi connectivity index (χ3n) is 3.75. The highest BCUT2D eigenvalue weighted by Gasteiger charge is 2.20. The minimum absolute atomic E-state index is 0.0579. The van der Waals surface area contributed by atoms with Crippen molar-refractivity contribution in [2.24, 2.45) is 5.41 Å². The molecule has 0 radical (unpaired) electrons. The van der Waals surface area contributed by atoms with Crippen molar-refractivity contribution in [1.82, 2.24) is 20.0 Å². The van der Waals surface area contributed by atoms with Gasteiger partial charge in [-0.2, -0.15) is 5.10 Å². The van der Waals surface area contributed by atoms with Gasteiger partial charge in [-0.25, -0.2) is 4.68 Å². The Hall–Kier alpha value is -2.47. The molecule has 0 atom stereocenters. The van der Waals surface area contributed by atoms with Gasteiger partial charge in [-0.1, -0.05) is 44.2 Å². The largest absolute Gasteiger partial charge is 0.350 e. The summed E-state index contributed by atoms with van der Waals surface area (Å²) in [6.07, 6.45) is 0. The van der Waals surface area contributed by atoms with Crippen LogP contribution in [0.15, 0.2) is 47.3 Å². The molecule has 0 aliphatic heterocycles. The van der Waals surface area contributed by atoms with E-state index in [-0.39, 0.29) is 22.6 Å². The molecule has 2 aromatic rings. The van der Waals surface area contributed by atoms with Crippen molar-refractivity contribution >= 4 is 5.91 Å². The van der Waals surface area contributed by atoms with Crippen molar-refractivity contribution < 1.29 is 4.79 Å². The third-order valence-corrected chi connectivity index (χ3v) is 3.75. The molecule has 1 heterocycles. The van der Waals surface area contributed by atoms with Crippen LogP contribution < -0.4 is 10.9 Å². The minimum atomic E-state index is -0.270. The molecular formula is C19H26N4O2. The van der Waals surface area contributed by atoms with Crippen LogP contribution in [0.2, 0.25) is 0 Å². The Bertz CT molecular complexity index is 766. The fraction of sp³-hybridized carbons (Fsp3) is 0.421. The summed E-state index contributed by atoms with van der Waals surface area (Å²) in [6.45, 7) is 5.92. The first-order valence-electron chi connectivity index (χ1n) is 8.32. The van der Waals surface area contributed by atoms with Gasteiger partial charge >= 0.3 is 0 Å². The van der Waals surface area contributed by atoms with Gasteiger partial charge < -0.3 is 10.2 Å². The van der Waals surface area contributed by atoms with Gasteiger partial charge in [-0.05, 0) is 31.1 Å². The zero-order valence-electron chi connectivity index (χ0n) is 15.3. The van der Waals surface area contributed by atoms with Gasteiger partial charge in [0.25, 0.3) is 11.5 Å². The first-order chi connectivity index (χ1) is 11.8. The maximum Gasteiger partial charge on any atom is 0.271 e. The van der Waals surface area contributed by atoms with E-state index in [1.165, 1.54) is 16.8 Å². The Kier molecular flexibility index (Phi) is 6.09. The molecule has 1 aromatic heterocycles. The molecule has 0 saturated carbocycles. The lowest BCUT2D eigenvalue weighted by Crippen LogP contribution is -2.40. The number of hydrogen-bond donors (Lipinski definition) is 1. The first-order valence-corrected chi connectivity index (χ1v) is 8.32. The predicted octanol–water partition coefficient (Wildman–Crippen LogP) is 1.61.